The van der Waals surface area contributed by atoms with Crippen molar-refractivity contribution in [1.82, 2.24) is 24.6 Å². The Labute approximate surface area is 269 Å². The number of carbonyl (C=O) groups excluding carboxylic acids is 1. The summed E-state index contributed by atoms with van der Waals surface area (Å²) in [5.74, 6) is 0.541. The SMILES string of the molecule is CCC(CNC(=O)N=c1scc(C)n1-c1cc(C)ccc1C(C)C)c1ccc(-c2ncn(-c3ccc(OC(F)(F)F)cc3)n2)cc1. The lowest BCUT2D eigenvalue weighted by Crippen LogP contribution is -2.28. The molecule has 1 atom stereocenters. The number of nitrogens with one attached hydrogen (secondary N) is 1. The molecule has 8 nitrogen and oxygen atoms in total. The fourth-order valence-corrected chi connectivity index (χ4v) is 6.02. The van der Waals surface area contributed by atoms with Crippen molar-refractivity contribution in [3.05, 3.63) is 106 Å². The molecule has 12 heteroatoms. The van der Waals surface area contributed by atoms with Gasteiger partial charge in [0.2, 0.25) is 0 Å². The lowest BCUT2D eigenvalue weighted by atomic mass is 9.95. The maximum Gasteiger partial charge on any atom is 0.573 e. The standard InChI is InChI=1S/C34H35F3N6O2S/c1-6-24(18-38-32(44)40-33-43(23(5)19-46-33)30-17-22(4)7-16-29(30)21(2)3)25-8-10-26(11-9-25)31-39-20-42(41-31)27-12-14-28(15-13-27)45-34(35,36)37/h7-17,19-21,24H,6,18H2,1-5H3,(H,38,44). The fraction of sp³-hybridized carbons (Fsp3) is 0.294. The zero-order valence-electron chi connectivity index (χ0n) is 26.2. The van der Waals surface area contributed by atoms with Crippen molar-refractivity contribution in [2.45, 2.75) is 59.2 Å². The molecule has 0 aliphatic heterocycles. The van der Waals surface area contributed by atoms with Gasteiger partial charge in [-0.15, -0.1) is 29.6 Å². The van der Waals surface area contributed by atoms with Crippen LogP contribution in [0.25, 0.3) is 22.8 Å². The number of alkyl halides is 3. The molecule has 0 aliphatic rings. The van der Waals surface area contributed by atoms with E-state index in [0.717, 1.165) is 34.5 Å². The molecule has 0 bridgehead atoms. The van der Waals surface area contributed by atoms with Crippen LogP contribution in [0, 0.1) is 13.8 Å². The highest BCUT2D eigenvalue weighted by molar-refractivity contribution is 7.07. The van der Waals surface area contributed by atoms with Crippen LogP contribution in [0.15, 0.2) is 83.4 Å². The molecule has 240 valence electrons. The first-order valence-corrected chi connectivity index (χ1v) is 15.8. The van der Waals surface area contributed by atoms with Gasteiger partial charge < -0.3 is 10.1 Å². The van der Waals surface area contributed by atoms with E-state index in [1.165, 1.54) is 52.2 Å². The summed E-state index contributed by atoms with van der Waals surface area (Å²) < 4.78 is 44.8. The number of ether oxygens (including phenoxy) is 1. The molecule has 0 saturated heterocycles. The number of carbonyl (C=O) groups is 1. The minimum atomic E-state index is -4.75. The Morgan fingerprint density at radius 2 is 1.76 bits per heavy atom. The van der Waals surface area contributed by atoms with Crippen molar-refractivity contribution < 1.29 is 22.7 Å². The van der Waals surface area contributed by atoms with Gasteiger partial charge in [-0.2, -0.15) is 4.99 Å². The van der Waals surface area contributed by atoms with Gasteiger partial charge in [-0.1, -0.05) is 57.2 Å². The number of aromatic nitrogens is 4. The van der Waals surface area contributed by atoms with Gasteiger partial charge in [-0.3, -0.25) is 4.57 Å². The maximum absolute atomic E-state index is 13.0. The molecular formula is C34H35F3N6O2S. The summed E-state index contributed by atoms with van der Waals surface area (Å²) in [5.41, 5.74) is 6.76. The molecule has 1 N–H and O–H groups in total. The fourth-order valence-electron chi connectivity index (χ4n) is 5.16. The number of thiazole rings is 1. The van der Waals surface area contributed by atoms with Crippen LogP contribution in [0.2, 0.25) is 0 Å². The van der Waals surface area contributed by atoms with Crippen LogP contribution >= 0.6 is 11.3 Å². The number of aryl methyl sites for hydroxylation is 2. The number of hydrogen-bond acceptors (Lipinski definition) is 5. The molecule has 0 spiro atoms. The van der Waals surface area contributed by atoms with E-state index >= 15 is 0 Å². The number of benzene rings is 3. The molecule has 0 radical (unpaired) electrons. The highest BCUT2D eigenvalue weighted by atomic mass is 32.1. The van der Waals surface area contributed by atoms with Crippen LogP contribution < -0.4 is 14.9 Å². The van der Waals surface area contributed by atoms with Gasteiger partial charge in [0.1, 0.15) is 12.1 Å². The minimum absolute atomic E-state index is 0.0673. The molecule has 0 fully saturated rings. The van der Waals surface area contributed by atoms with Crippen molar-refractivity contribution in [2.24, 2.45) is 4.99 Å². The zero-order valence-corrected chi connectivity index (χ0v) is 27.0. The van der Waals surface area contributed by atoms with Crippen LogP contribution in [0.5, 0.6) is 5.75 Å². The summed E-state index contributed by atoms with van der Waals surface area (Å²) in [6.45, 7) is 10.9. The Morgan fingerprint density at radius 3 is 2.41 bits per heavy atom. The normalized spacial score (nSPS) is 12.8. The van der Waals surface area contributed by atoms with E-state index in [1.807, 2.05) is 36.6 Å². The molecule has 3 aromatic carbocycles. The average molecular weight is 649 g/mol. The summed E-state index contributed by atoms with van der Waals surface area (Å²) >= 11 is 1.44. The Morgan fingerprint density at radius 1 is 1.04 bits per heavy atom. The molecule has 2 amide bonds. The lowest BCUT2D eigenvalue weighted by molar-refractivity contribution is -0.274. The highest BCUT2D eigenvalue weighted by Gasteiger charge is 2.31. The third kappa shape index (κ3) is 7.74. The second-order valence-corrected chi connectivity index (χ2v) is 12.1. The van der Waals surface area contributed by atoms with Gasteiger partial charge in [0.25, 0.3) is 0 Å². The van der Waals surface area contributed by atoms with Gasteiger partial charge in [-0.05, 0) is 73.2 Å². The first kappa shape index (κ1) is 32.7. The van der Waals surface area contributed by atoms with Crippen molar-refractivity contribution >= 4 is 17.4 Å². The summed E-state index contributed by atoms with van der Waals surface area (Å²) in [6, 6.07) is 19.2. The summed E-state index contributed by atoms with van der Waals surface area (Å²) in [6.07, 6.45) is -2.45. The molecule has 0 aliphatic carbocycles. The number of rotatable bonds is 9. The molecule has 2 heterocycles. The predicted molar refractivity (Wildman–Crippen MR) is 173 cm³/mol. The number of urea groups is 1. The summed E-state index contributed by atoms with van der Waals surface area (Å²) in [7, 11) is 0. The van der Waals surface area contributed by atoms with E-state index < -0.39 is 12.4 Å². The maximum atomic E-state index is 13.0. The van der Waals surface area contributed by atoms with E-state index in [4.69, 9.17) is 0 Å². The highest BCUT2D eigenvalue weighted by Crippen LogP contribution is 2.27. The van der Waals surface area contributed by atoms with Crippen molar-refractivity contribution in [1.29, 1.82) is 0 Å². The number of hydrogen-bond donors (Lipinski definition) is 1. The van der Waals surface area contributed by atoms with E-state index in [1.54, 1.807) is 0 Å². The van der Waals surface area contributed by atoms with E-state index in [-0.39, 0.29) is 11.7 Å². The number of nitrogens with zero attached hydrogens (tertiary/aromatic N) is 5. The van der Waals surface area contributed by atoms with Crippen molar-refractivity contribution in [3.63, 3.8) is 0 Å². The third-order valence-electron chi connectivity index (χ3n) is 7.58. The van der Waals surface area contributed by atoms with Gasteiger partial charge >= 0.3 is 12.4 Å². The monoisotopic (exact) mass is 648 g/mol. The third-order valence-corrected chi connectivity index (χ3v) is 8.53. The van der Waals surface area contributed by atoms with Gasteiger partial charge in [-0.25, -0.2) is 14.5 Å². The Kier molecular flexibility index (Phi) is 9.76. The van der Waals surface area contributed by atoms with Gasteiger partial charge in [0, 0.05) is 29.1 Å². The van der Waals surface area contributed by atoms with E-state index in [2.05, 4.69) is 75.6 Å². The molecule has 5 aromatic rings. The van der Waals surface area contributed by atoms with E-state index in [9.17, 15) is 18.0 Å². The molecular weight excluding hydrogens is 613 g/mol. The van der Waals surface area contributed by atoms with Crippen LogP contribution in [-0.4, -0.2) is 38.3 Å². The minimum Gasteiger partial charge on any atom is -0.406 e. The topological polar surface area (TPSA) is 86.3 Å². The first-order chi connectivity index (χ1) is 21.9. The van der Waals surface area contributed by atoms with Gasteiger partial charge in [0.05, 0.1) is 11.4 Å². The summed E-state index contributed by atoms with van der Waals surface area (Å²) in [5, 5.41) is 9.47. The second kappa shape index (κ2) is 13.7. The zero-order chi connectivity index (χ0) is 33.0. The Hall–Kier alpha value is -4.71. The Balaban J connectivity index is 1.26. The quantitative estimate of drug-likeness (QED) is 0.175. The molecule has 0 saturated carbocycles. The van der Waals surface area contributed by atoms with Gasteiger partial charge in [0.15, 0.2) is 10.6 Å². The Bertz CT molecular complexity index is 1870. The lowest BCUT2D eigenvalue weighted by Gasteiger charge is -2.17. The van der Waals surface area contributed by atoms with Crippen LogP contribution in [0.1, 0.15) is 61.4 Å². The van der Waals surface area contributed by atoms with Crippen molar-refractivity contribution in [3.8, 4) is 28.5 Å². The first-order valence-electron chi connectivity index (χ1n) is 14.9. The molecule has 1 unspecified atom stereocenters. The summed E-state index contributed by atoms with van der Waals surface area (Å²) in [4.78, 5) is 22.4. The smallest absolute Gasteiger partial charge is 0.406 e. The van der Waals surface area contributed by atoms with Crippen molar-refractivity contribution in [2.75, 3.05) is 6.54 Å². The predicted octanol–water partition coefficient (Wildman–Crippen LogP) is 8.23. The largest absolute Gasteiger partial charge is 0.573 e. The van der Waals surface area contributed by atoms with E-state index in [0.29, 0.717) is 28.8 Å². The van der Waals surface area contributed by atoms with Crippen LogP contribution in [-0.2, 0) is 0 Å². The van der Waals surface area contributed by atoms with Crippen LogP contribution in [0.4, 0.5) is 18.0 Å². The second-order valence-electron chi connectivity index (χ2n) is 11.3. The average Bonchev–Trinajstić information content (AvgIpc) is 3.64. The van der Waals surface area contributed by atoms with Crippen LogP contribution in [0.3, 0.4) is 0 Å². The molecule has 46 heavy (non-hydrogen) atoms. The molecule has 2 aromatic heterocycles. The number of halogens is 3. The molecule has 5 rings (SSSR count). The number of amides is 2.